The third kappa shape index (κ3) is 4.31. The highest BCUT2D eigenvalue weighted by atomic mass is 15.2. The van der Waals surface area contributed by atoms with E-state index in [2.05, 4.69) is 54.4 Å². The van der Waals surface area contributed by atoms with Crippen LogP contribution in [0.4, 0.5) is 0 Å². The molecule has 0 radical (unpaired) electrons. The van der Waals surface area contributed by atoms with Gasteiger partial charge in [0.15, 0.2) is 0 Å². The van der Waals surface area contributed by atoms with Crippen molar-refractivity contribution in [2.75, 3.05) is 13.1 Å². The summed E-state index contributed by atoms with van der Waals surface area (Å²) < 4.78 is 0. The normalized spacial score (nSPS) is 27.0. The van der Waals surface area contributed by atoms with Crippen molar-refractivity contribution in [1.29, 1.82) is 0 Å². The van der Waals surface area contributed by atoms with E-state index in [4.69, 9.17) is 0 Å². The minimum atomic E-state index is 0.577. The molecule has 1 heterocycles. The monoisotopic (exact) mass is 286 g/mol. The third-order valence-corrected chi connectivity index (χ3v) is 5.33. The summed E-state index contributed by atoms with van der Waals surface area (Å²) in [7, 11) is 0. The van der Waals surface area contributed by atoms with E-state index in [0.29, 0.717) is 11.5 Å². The Balaban J connectivity index is 1.43. The van der Waals surface area contributed by atoms with Crippen LogP contribution in [-0.2, 0) is 6.54 Å². The molecule has 0 aromatic heterocycles. The number of likely N-dealkylation sites (tertiary alicyclic amines) is 1. The maximum atomic E-state index is 3.93. The second-order valence-corrected chi connectivity index (χ2v) is 7.81. The molecule has 1 aliphatic carbocycles. The van der Waals surface area contributed by atoms with Gasteiger partial charge in [0.1, 0.15) is 0 Å². The molecule has 1 aromatic carbocycles. The second-order valence-electron chi connectivity index (χ2n) is 7.81. The Labute approximate surface area is 129 Å². The molecule has 3 rings (SSSR count). The average Bonchev–Trinajstić information content (AvgIpc) is 2.90. The Morgan fingerprint density at radius 3 is 2.48 bits per heavy atom. The summed E-state index contributed by atoms with van der Waals surface area (Å²) in [6.45, 7) is 8.40. The summed E-state index contributed by atoms with van der Waals surface area (Å²) in [5, 5.41) is 3.93. The Bertz CT molecular complexity index is 430. The van der Waals surface area contributed by atoms with E-state index < -0.39 is 0 Å². The number of nitrogens with one attached hydrogen (secondary N) is 1. The summed E-state index contributed by atoms with van der Waals surface area (Å²) in [4.78, 5) is 2.60. The lowest BCUT2D eigenvalue weighted by atomic mass is 9.75. The number of hydrogen-bond donors (Lipinski definition) is 1. The predicted octanol–water partition coefficient (Wildman–Crippen LogP) is 3.82. The van der Waals surface area contributed by atoms with Crippen LogP contribution in [-0.4, -0.2) is 30.1 Å². The molecule has 116 valence electrons. The SMILES string of the molecule is CC1(C)CCC(NC2CCN(Cc3ccccc3)C2)CC1. The molecule has 0 bridgehead atoms. The molecule has 1 unspecified atom stereocenters. The minimum Gasteiger partial charge on any atom is -0.310 e. The van der Waals surface area contributed by atoms with E-state index in [0.717, 1.165) is 12.6 Å². The van der Waals surface area contributed by atoms with E-state index in [1.807, 2.05) is 0 Å². The van der Waals surface area contributed by atoms with Gasteiger partial charge in [-0.3, -0.25) is 4.90 Å². The number of hydrogen-bond acceptors (Lipinski definition) is 2. The Morgan fingerprint density at radius 1 is 1.05 bits per heavy atom. The predicted molar refractivity (Wildman–Crippen MR) is 89.3 cm³/mol. The first-order valence-electron chi connectivity index (χ1n) is 8.63. The van der Waals surface area contributed by atoms with Gasteiger partial charge in [-0.25, -0.2) is 0 Å². The Hall–Kier alpha value is -0.860. The fraction of sp³-hybridized carbons (Fsp3) is 0.684. The highest BCUT2D eigenvalue weighted by Gasteiger charge is 2.30. The van der Waals surface area contributed by atoms with Crippen LogP contribution in [0.3, 0.4) is 0 Å². The lowest BCUT2D eigenvalue weighted by molar-refractivity contribution is 0.197. The molecule has 2 fully saturated rings. The van der Waals surface area contributed by atoms with Gasteiger partial charge in [0, 0.05) is 31.7 Å². The first-order valence-corrected chi connectivity index (χ1v) is 8.63. The highest BCUT2D eigenvalue weighted by molar-refractivity contribution is 5.14. The first kappa shape index (κ1) is 15.1. The summed E-state index contributed by atoms with van der Waals surface area (Å²) >= 11 is 0. The van der Waals surface area contributed by atoms with Crippen LogP contribution < -0.4 is 5.32 Å². The average molecular weight is 286 g/mol. The largest absolute Gasteiger partial charge is 0.310 e. The van der Waals surface area contributed by atoms with Crippen molar-refractivity contribution < 1.29 is 0 Å². The fourth-order valence-electron chi connectivity index (χ4n) is 3.85. The van der Waals surface area contributed by atoms with Crippen LogP contribution >= 0.6 is 0 Å². The van der Waals surface area contributed by atoms with E-state index in [9.17, 15) is 0 Å². The highest BCUT2D eigenvalue weighted by Crippen LogP contribution is 2.35. The van der Waals surface area contributed by atoms with Crippen LogP contribution in [0.2, 0.25) is 0 Å². The number of benzene rings is 1. The number of nitrogens with zero attached hydrogens (tertiary/aromatic N) is 1. The molecule has 2 nitrogen and oxygen atoms in total. The molecular weight excluding hydrogens is 256 g/mol. The van der Waals surface area contributed by atoms with Gasteiger partial charge in [-0.2, -0.15) is 0 Å². The van der Waals surface area contributed by atoms with Crippen molar-refractivity contribution in [2.45, 2.75) is 64.6 Å². The molecule has 1 N–H and O–H groups in total. The molecule has 1 aliphatic heterocycles. The summed E-state index contributed by atoms with van der Waals surface area (Å²) in [5.41, 5.74) is 2.02. The summed E-state index contributed by atoms with van der Waals surface area (Å²) in [6, 6.07) is 12.3. The summed E-state index contributed by atoms with van der Waals surface area (Å²) in [6.07, 6.45) is 6.80. The maximum Gasteiger partial charge on any atom is 0.0234 e. The fourth-order valence-corrected chi connectivity index (χ4v) is 3.85. The van der Waals surface area contributed by atoms with Gasteiger partial charge in [-0.1, -0.05) is 44.2 Å². The van der Waals surface area contributed by atoms with Crippen LogP contribution in [0.25, 0.3) is 0 Å². The Morgan fingerprint density at radius 2 is 1.76 bits per heavy atom. The zero-order valence-electron chi connectivity index (χ0n) is 13.6. The van der Waals surface area contributed by atoms with Gasteiger partial charge in [0.05, 0.1) is 0 Å². The van der Waals surface area contributed by atoms with Gasteiger partial charge >= 0.3 is 0 Å². The van der Waals surface area contributed by atoms with Crippen LogP contribution in [0.5, 0.6) is 0 Å². The maximum absolute atomic E-state index is 3.93. The third-order valence-electron chi connectivity index (χ3n) is 5.33. The molecule has 0 amide bonds. The lowest BCUT2D eigenvalue weighted by Gasteiger charge is -2.36. The molecule has 1 atom stereocenters. The minimum absolute atomic E-state index is 0.577. The molecule has 1 saturated carbocycles. The van der Waals surface area contributed by atoms with Crippen molar-refractivity contribution >= 4 is 0 Å². The topological polar surface area (TPSA) is 15.3 Å². The molecular formula is C19H30N2. The quantitative estimate of drug-likeness (QED) is 0.905. The second kappa shape index (κ2) is 6.50. The Kier molecular flexibility index (Phi) is 4.66. The van der Waals surface area contributed by atoms with Crippen molar-refractivity contribution in [3.63, 3.8) is 0 Å². The molecule has 21 heavy (non-hydrogen) atoms. The van der Waals surface area contributed by atoms with Crippen molar-refractivity contribution in [1.82, 2.24) is 10.2 Å². The summed E-state index contributed by atoms with van der Waals surface area (Å²) in [5.74, 6) is 0. The van der Waals surface area contributed by atoms with Crippen molar-refractivity contribution in [3.8, 4) is 0 Å². The van der Waals surface area contributed by atoms with Crippen LogP contribution in [0.1, 0.15) is 51.5 Å². The zero-order valence-corrected chi connectivity index (χ0v) is 13.6. The van der Waals surface area contributed by atoms with E-state index in [1.54, 1.807) is 0 Å². The van der Waals surface area contributed by atoms with E-state index in [-0.39, 0.29) is 0 Å². The first-order chi connectivity index (χ1) is 10.1. The van der Waals surface area contributed by atoms with Gasteiger partial charge < -0.3 is 5.32 Å². The van der Waals surface area contributed by atoms with Crippen molar-refractivity contribution in [2.24, 2.45) is 5.41 Å². The van der Waals surface area contributed by atoms with Gasteiger partial charge in [0.25, 0.3) is 0 Å². The van der Waals surface area contributed by atoms with E-state index in [1.165, 1.54) is 50.8 Å². The standard InChI is InChI=1S/C19H30N2/c1-19(2)11-8-17(9-12-19)20-18-10-13-21(15-18)14-16-6-4-3-5-7-16/h3-7,17-18,20H,8-15H2,1-2H3. The van der Waals surface area contributed by atoms with Crippen LogP contribution in [0.15, 0.2) is 30.3 Å². The van der Waals surface area contributed by atoms with Gasteiger partial charge in [0.2, 0.25) is 0 Å². The molecule has 2 aliphatic rings. The van der Waals surface area contributed by atoms with Gasteiger partial charge in [-0.05, 0) is 43.1 Å². The number of rotatable bonds is 4. The van der Waals surface area contributed by atoms with E-state index >= 15 is 0 Å². The zero-order chi connectivity index (χ0) is 14.7. The molecule has 0 spiro atoms. The smallest absolute Gasteiger partial charge is 0.0234 e. The van der Waals surface area contributed by atoms with Crippen LogP contribution in [0, 0.1) is 5.41 Å². The molecule has 2 heteroatoms. The van der Waals surface area contributed by atoms with Gasteiger partial charge in [-0.15, -0.1) is 0 Å². The molecule has 1 saturated heterocycles. The van der Waals surface area contributed by atoms with Crippen molar-refractivity contribution in [3.05, 3.63) is 35.9 Å². The molecule has 1 aromatic rings. The lowest BCUT2D eigenvalue weighted by Crippen LogP contribution is -2.43.